The van der Waals surface area contributed by atoms with Gasteiger partial charge in [-0.15, -0.1) is 12.3 Å². The van der Waals surface area contributed by atoms with E-state index in [2.05, 4.69) is 10.4 Å². The quantitative estimate of drug-likeness (QED) is 0.361. The molecule has 0 amide bonds. The SMILES string of the molecule is C#CCCCOP(=O)(O)O. The van der Waals surface area contributed by atoms with Gasteiger partial charge < -0.3 is 9.79 Å². The van der Waals surface area contributed by atoms with Crippen LogP contribution >= 0.6 is 7.82 Å². The van der Waals surface area contributed by atoms with Crippen LogP contribution in [0, 0.1) is 12.3 Å². The van der Waals surface area contributed by atoms with E-state index in [0.29, 0.717) is 12.8 Å². The number of phosphoric ester groups is 1. The molecule has 0 aliphatic rings. The van der Waals surface area contributed by atoms with E-state index >= 15 is 0 Å². The summed E-state index contributed by atoms with van der Waals surface area (Å²) in [5, 5.41) is 0. The third-order valence-electron chi connectivity index (χ3n) is 0.725. The van der Waals surface area contributed by atoms with Gasteiger partial charge in [0.1, 0.15) is 0 Å². The molecule has 10 heavy (non-hydrogen) atoms. The first-order valence-corrected chi connectivity index (χ1v) is 4.23. The second-order valence-corrected chi connectivity index (χ2v) is 2.87. The third-order valence-corrected chi connectivity index (χ3v) is 1.24. The lowest BCUT2D eigenvalue weighted by atomic mass is 10.3. The summed E-state index contributed by atoms with van der Waals surface area (Å²) in [6.07, 6.45) is 5.82. The van der Waals surface area contributed by atoms with E-state index in [9.17, 15) is 4.57 Å². The average molecular weight is 164 g/mol. The molecule has 0 heterocycles. The van der Waals surface area contributed by atoms with Crippen molar-refractivity contribution in [3.63, 3.8) is 0 Å². The summed E-state index contributed by atoms with van der Waals surface area (Å²) in [6.45, 7) is 0.00841. The highest BCUT2D eigenvalue weighted by molar-refractivity contribution is 7.46. The van der Waals surface area contributed by atoms with Crippen LogP contribution in [0.2, 0.25) is 0 Å². The van der Waals surface area contributed by atoms with Crippen LogP contribution in [0.15, 0.2) is 0 Å². The van der Waals surface area contributed by atoms with Gasteiger partial charge >= 0.3 is 7.82 Å². The molecule has 0 fully saturated rings. The Morgan fingerprint density at radius 3 is 2.60 bits per heavy atom. The Labute approximate surface area is 59.4 Å². The maximum absolute atomic E-state index is 10.0. The molecule has 0 saturated heterocycles. The van der Waals surface area contributed by atoms with Crippen molar-refractivity contribution in [1.82, 2.24) is 0 Å². The predicted molar refractivity (Wildman–Crippen MR) is 36.1 cm³/mol. The molecule has 0 unspecified atom stereocenters. The molecule has 0 aromatic carbocycles. The van der Waals surface area contributed by atoms with Crippen LogP contribution in [0.4, 0.5) is 0 Å². The van der Waals surface area contributed by atoms with Crippen molar-refractivity contribution in [3.8, 4) is 12.3 Å². The fourth-order valence-electron chi connectivity index (χ4n) is 0.358. The fraction of sp³-hybridized carbons (Fsp3) is 0.600. The molecule has 0 radical (unpaired) electrons. The van der Waals surface area contributed by atoms with Crippen molar-refractivity contribution in [2.24, 2.45) is 0 Å². The average Bonchev–Trinajstić information content (AvgIpc) is 1.78. The van der Waals surface area contributed by atoms with Gasteiger partial charge in [-0.25, -0.2) is 4.57 Å². The van der Waals surface area contributed by atoms with E-state index in [-0.39, 0.29) is 6.61 Å². The third kappa shape index (κ3) is 7.67. The number of unbranched alkanes of at least 4 members (excludes halogenated alkanes) is 1. The molecule has 4 nitrogen and oxygen atoms in total. The largest absolute Gasteiger partial charge is 0.469 e. The van der Waals surface area contributed by atoms with Gasteiger partial charge in [-0.2, -0.15) is 0 Å². The Morgan fingerprint density at radius 1 is 1.60 bits per heavy atom. The summed E-state index contributed by atoms with van der Waals surface area (Å²) in [5.41, 5.74) is 0. The van der Waals surface area contributed by atoms with Crippen LogP contribution in [-0.4, -0.2) is 16.4 Å². The molecular weight excluding hydrogens is 155 g/mol. The number of rotatable bonds is 4. The maximum Gasteiger partial charge on any atom is 0.469 e. The lowest BCUT2D eigenvalue weighted by molar-refractivity contribution is 0.196. The summed E-state index contributed by atoms with van der Waals surface area (Å²) in [4.78, 5) is 16.3. The highest BCUT2D eigenvalue weighted by atomic mass is 31.2. The number of terminal acetylenes is 1. The van der Waals surface area contributed by atoms with Crippen LogP contribution in [0.1, 0.15) is 12.8 Å². The van der Waals surface area contributed by atoms with Crippen LogP contribution in [-0.2, 0) is 9.09 Å². The monoisotopic (exact) mass is 164 g/mol. The van der Waals surface area contributed by atoms with Gasteiger partial charge in [0.05, 0.1) is 6.61 Å². The maximum atomic E-state index is 10.0. The summed E-state index contributed by atoms with van der Waals surface area (Å²) in [6, 6.07) is 0. The van der Waals surface area contributed by atoms with Crippen molar-refractivity contribution in [3.05, 3.63) is 0 Å². The first-order valence-electron chi connectivity index (χ1n) is 2.70. The molecule has 0 aliphatic carbocycles. The molecule has 5 heteroatoms. The van der Waals surface area contributed by atoms with Crippen molar-refractivity contribution in [2.75, 3.05) is 6.61 Å². The zero-order valence-corrected chi connectivity index (χ0v) is 6.25. The number of phosphoric acid groups is 1. The fourth-order valence-corrected chi connectivity index (χ4v) is 0.725. The van der Waals surface area contributed by atoms with Crippen molar-refractivity contribution >= 4 is 7.82 Å². The first-order chi connectivity index (χ1) is 4.56. The van der Waals surface area contributed by atoms with Crippen molar-refractivity contribution < 1.29 is 18.9 Å². The highest BCUT2D eigenvalue weighted by Crippen LogP contribution is 2.35. The number of hydrogen-bond donors (Lipinski definition) is 2. The first kappa shape index (κ1) is 9.67. The zero-order valence-electron chi connectivity index (χ0n) is 5.36. The standard InChI is InChI=1S/C5H9O4P/c1-2-3-4-5-9-10(6,7)8/h1H,3-5H2,(H2,6,7,8). The number of hydrogen-bond acceptors (Lipinski definition) is 2. The molecule has 0 spiro atoms. The zero-order chi connectivity index (χ0) is 8.04. The van der Waals surface area contributed by atoms with E-state index < -0.39 is 7.82 Å². The molecule has 0 atom stereocenters. The summed E-state index contributed by atoms with van der Waals surface area (Å²) < 4.78 is 14.1. The smallest absolute Gasteiger partial charge is 0.303 e. The highest BCUT2D eigenvalue weighted by Gasteiger charge is 2.11. The van der Waals surface area contributed by atoms with Gasteiger partial charge in [0.25, 0.3) is 0 Å². The Morgan fingerprint density at radius 2 is 2.20 bits per heavy atom. The normalized spacial score (nSPS) is 10.9. The lowest BCUT2D eigenvalue weighted by Crippen LogP contribution is -1.90. The summed E-state index contributed by atoms with van der Waals surface area (Å²) in [5.74, 6) is 2.32. The summed E-state index contributed by atoms with van der Waals surface area (Å²) in [7, 11) is -4.27. The van der Waals surface area contributed by atoms with Crippen molar-refractivity contribution in [2.45, 2.75) is 12.8 Å². The minimum absolute atomic E-state index is 0.00841. The Kier molecular flexibility index (Phi) is 4.33. The molecular formula is C5H9O4P. The van der Waals surface area contributed by atoms with Crippen LogP contribution in [0.5, 0.6) is 0 Å². The minimum Gasteiger partial charge on any atom is -0.303 e. The molecule has 0 saturated carbocycles. The molecule has 0 bridgehead atoms. The molecule has 0 aromatic rings. The topological polar surface area (TPSA) is 66.8 Å². The van der Waals surface area contributed by atoms with Gasteiger partial charge in [0.15, 0.2) is 0 Å². The molecule has 0 aromatic heterocycles. The van der Waals surface area contributed by atoms with Crippen molar-refractivity contribution in [1.29, 1.82) is 0 Å². The van der Waals surface area contributed by atoms with E-state index in [1.165, 1.54) is 0 Å². The predicted octanol–water partition coefficient (Wildman–Crippen LogP) is 0.509. The van der Waals surface area contributed by atoms with Gasteiger partial charge in [-0.3, -0.25) is 4.52 Å². The van der Waals surface area contributed by atoms with Gasteiger partial charge in [-0.05, 0) is 6.42 Å². The van der Waals surface area contributed by atoms with E-state index in [1.807, 2.05) is 0 Å². The van der Waals surface area contributed by atoms with Gasteiger partial charge in [-0.1, -0.05) is 0 Å². The summed E-state index contributed by atoms with van der Waals surface area (Å²) >= 11 is 0. The molecule has 0 rings (SSSR count). The Bertz CT molecular complexity index is 165. The molecule has 2 N–H and O–H groups in total. The molecule has 58 valence electrons. The van der Waals surface area contributed by atoms with Gasteiger partial charge in [0, 0.05) is 6.42 Å². The Balaban J connectivity index is 3.23. The van der Waals surface area contributed by atoms with E-state index in [4.69, 9.17) is 16.2 Å². The lowest BCUT2D eigenvalue weighted by Gasteiger charge is -2.01. The van der Waals surface area contributed by atoms with Crippen LogP contribution in [0.25, 0.3) is 0 Å². The minimum atomic E-state index is -4.27. The van der Waals surface area contributed by atoms with E-state index in [0.717, 1.165) is 0 Å². The van der Waals surface area contributed by atoms with E-state index in [1.54, 1.807) is 0 Å². The van der Waals surface area contributed by atoms with Gasteiger partial charge in [0.2, 0.25) is 0 Å². The van der Waals surface area contributed by atoms with Crippen LogP contribution in [0.3, 0.4) is 0 Å². The molecule has 0 aliphatic heterocycles. The van der Waals surface area contributed by atoms with Crippen LogP contribution < -0.4 is 0 Å². The second kappa shape index (κ2) is 4.48. The Hall–Kier alpha value is -0.330. The second-order valence-electron chi connectivity index (χ2n) is 1.63.